The average Bonchev–Trinajstić information content (AvgIpc) is 3.12. The zero-order chi connectivity index (χ0) is 22.7. The highest BCUT2D eigenvalue weighted by atomic mass is 35.5. The van der Waals surface area contributed by atoms with Gasteiger partial charge in [-0.05, 0) is 38.5 Å². The summed E-state index contributed by atoms with van der Waals surface area (Å²) in [5.74, 6) is 0.469. The van der Waals surface area contributed by atoms with Gasteiger partial charge in [-0.3, -0.25) is 9.36 Å². The van der Waals surface area contributed by atoms with Crippen molar-refractivity contribution in [1.29, 1.82) is 0 Å². The van der Waals surface area contributed by atoms with Crippen molar-refractivity contribution in [3.05, 3.63) is 44.3 Å². The van der Waals surface area contributed by atoms with Crippen LogP contribution in [-0.2, 0) is 17.7 Å². The SMILES string of the molecule is CCO[C@H]1CN(C(=O)O)C[C@H]1Nc1c(CC)nc(-c2ccc(Cl)cc2Cl)n(CC)c1=O. The number of aryl methyl sites for hydroxylation is 1. The van der Waals surface area contributed by atoms with Crippen molar-refractivity contribution in [1.82, 2.24) is 14.5 Å². The summed E-state index contributed by atoms with van der Waals surface area (Å²) in [6, 6.07) is 4.72. The molecule has 1 aliphatic heterocycles. The summed E-state index contributed by atoms with van der Waals surface area (Å²) in [6.07, 6.45) is -0.859. The largest absolute Gasteiger partial charge is 0.465 e. The number of hydrogen-bond acceptors (Lipinski definition) is 5. The zero-order valence-corrected chi connectivity index (χ0v) is 19.2. The molecular formula is C21H26Cl2N4O4. The molecule has 168 valence electrons. The maximum Gasteiger partial charge on any atom is 0.407 e. The van der Waals surface area contributed by atoms with Gasteiger partial charge in [-0.1, -0.05) is 30.1 Å². The Bertz CT molecular complexity index is 1030. The van der Waals surface area contributed by atoms with E-state index in [1.54, 1.807) is 22.8 Å². The number of nitrogens with one attached hydrogen (secondary N) is 1. The van der Waals surface area contributed by atoms with Crippen molar-refractivity contribution in [3.8, 4) is 11.4 Å². The van der Waals surface area contributed by atoms with E-state index in [1.807, 2.05) is 20.8 Å². The van der Waals surface area contributed by atoms with Gasteiger partial charge < -0.3 is 20.1 Å². The van der Waals surface area contributed by atoms with Gasteiger partial charge in [0.15, 0.2) is 0 Å². The van der Waals surface area contributed by atoms with Crippen LogP contribution in [0.2, 0.25) is 10.0 Å². The highest BCUT2D eigenvalue weighted by Crippen LogP contribution is 2.30. The van der Waals surface area contributed by atoms with Gasteiger partial charge in [-0.15, -0.1) is 0 Å². The van der Waals surface area contributed by atoms with E-state index in [4.69, 9.17) is 32.9 Å². The summed E-state index contributed by atoms with van der Waals surface area (Å²) >= 11 is 12.4. The van der Waals surface area contributed by atoms with Gasteiger partial charge in [0.05, 0.1) is 29.4 Å². The van der Waals surface area contributed by atoms with Crippen molar-refractivity contribution < 1.29 is 14.6 Å². The van der Waals surface area contributed by atoms with Gasteiger partial charge >= 0.3 is 6.09 Å². The number of ether oxygens (including phenoxy) is 1. The molecule has 8 nitrogen and oxygen atoms in total. The lowest BCUT2D eigenvalue weighted by molar-refractivity contribution is 0.0629. The van der Waals surface area contributed by atoms with Crippen molar-refractivity contribution in [2.45, 2.75) is 45.9 Å². The smallest absolute Gasteiger partial charge is 0.407 e. The van der Waals surface area contributed by atoms with Crippen LogP contribution in [0.15, 0.2) is 23.0 Å². The molecular weight excluding hydrogens is 443 g/mol. The Kier molecular flexibility index (Phi) is 7.46. The summed E-state index contributed by atoms with van der Waals surface area (Å²) in [5, 5.41) is 13.5. The predicted molar refractivity (Wildman–Crippen MR) is 121 cm³/mol. The Morgan fingerprint density at radius 3 is 2.61 bits per heavy atom. The number of likely N-dealkylation sites (tertiary alicyclic amines) is 1. The normalized spacial score (nSPS) is 18.4. The fraction of sp³-hybridized carbons (Fsp3) is 0.476. The second-order valence-electron chi connectivity index (χ2n) is 7.22. The van der Waals surface area contributed by atoms with E-state index in [0.717, 1.165) is 0 Å². The van der Waals surface area contributed by atoms with Crippen molar-refractivity contribution in [2.75, 3.05) is 25.0 Å². The van der Waals surface area contributed by atoms with E-state index in [2.05, 4.69) is 5.32 Å². The maximum absolute atomic E-state index is 13.4. The first kappa shape index (κ1) is 23.4. The quantitative estimate of drug-likeness (QED) is 0.637. The second-order valence-corrected chi connectivity index (χ2v) is 8.06. The van der Waals surface area contributed by atoms with Gasteiger partial charge in [0.2, 0.25) is 0 Å². The first-order valence-corrected chi connectivity index (χ1v) is 11.0. The summed E-state index contributed by atoms with van der Waals surface area (Å²) < 4.78 is 7.28. The van der Waals surface area contributed by atoms with E-state index >= 15 is 0 Å². The summed E-state index contributed by atoms with van der Waals surface area (Å²) in [6.45, 7) is 6.93. The lowest BCUT2D eigenvalue weighted by Gasteiger charge is -2.23. The number of benzene rings is 1. The van der Waals surface area contributed by atoms with E-state index in [0.29, 0.717) is 52.4 Å². The molecule has 1 aliphatic rings. The third kappa shape index (κ3) is 4.81. The average molecular weight is 469 g/mol. The molecule has 10 heteroatoms. The van der Waals surface area contributed by atoms with E-state index in [-0.39, 0.29) is 30.8 Å². The van der Waals surface area contributed by atoms with E-state index in [9.17, 15) is 14.7 Å². The number of rotatable bonds is 7. The van der Waals surface area contributed by atoms with Crippen molar-refractivity contribution in [2.24, 2.45) is 0 Å². The number of carbonyl (C=O) groups is 1. The number of halogens is 2. The molecule has 0 saturated carbocycles. The minimum absolute atomic E-state index is 0.222. The van der Waals surface area contributed by atoms with Crippen LogP contribution in [0, 0.1) is 0 Å². The maximum atomic E-state index is 13.4. The lowest BCUT2D eigenvalue weighted by atomic mass is 10.1. The summed E-state index contributed by atoms with van der Waals surface area (Å²) in [5.41, 5.74) is 1.33. The van der Waals surface area contributed by atoms with Gasteiger partial charge in [0, 0.05) is 30.3 Å². The van der Waals surface area contributed by atoms with E-state index in [1.165, 1.54) is 4.90 Å². The molecule has 0 unspecified atom stereocenters. The Morgan fingerprint density at radius 1 is 1.29 bits per heavy atom. The molecule has 1 amide bonds. The van der Waals surface area contributed by atoms with Crippen LogP contribution in [-0.4, -0.2) is 57.5 Å². The number of aromatic nitrogens is 2. The van der Waals surface area contributed by atoms with E-state index < -0.39 is 6.09 Å². The third-order valence-corrected chi connectivity index (χ3v) is 5.86. The molecule has 2 N–H and O–H groups in total. The van der Waals surface area contributed by atoms with Gasteiger partial charge in [-0.25, -0.2) is 9.78 Å². The van der Waals surface area contributed by atoms with Crippen LogP contribution in [0.5, 0.6) is 0 Å². The molecule has 0 spiro atoms. The fourth-order valence-electron chi connectivity index (χ4n) is 3.81. The third-order valence-electron chi connectivity index (χ3n) is 5.31. The first-order valence-electron chi connectivity index (χ1n) is 10.3. The molecule has 3 rings (SSSR count). The lowest BCUT2D eigenvalue weighted by Crippen LogP contribution is -2.38. The Morgan fingerprint density at radius 2 is 2.03 bits per heavy atom. The minimum atomic E-state index is -1.01. The summed E-state index contributed by atoms with van der Waals surface area (Å²) in [4.78, 5) is 30.9. The fourth-order valence-corrected chi connectivity index (χ4v) is 4.30. The Balaban J connectivity index is 2.05. The highest BCUT2D eigenvalue weighted by molar-refractivity contribution is 6.36. The van der Waals surface area contributed by atoms with Crippen LogP contribution in [0.4, 0.5) is 10.5 Å². The molecule has 1 saturated heterocycles. The Labute approximate surface area is 190 Å². The zero-order valence-electron chi connectivity index (χ0n) is 17.7. The van der Waals surface area contributed by atoms with Crippen LogP contribution in [0.3, 0.4) is 0 Å². The van der Waals surface area contributed by atoms with Crippen molar-refractivity contribution >= 4 is 35.0 Å². The number of nitrogens with zero attached hydrogens (tertiary/aromatic N) is 3. The van der Waals surface area contributed by atoms with Crippen LogP contribution >= 0.6 is 23.2 Å². The van der Waals surface area contributed by atoms with Gasteiger partial charge in [0.25, 0.3) is 5.56 Å². The topological polar surface area (TPSA) is 96.7 Å². The molecule has 2 atom stereocenters. The number of carboxylic acid groups (broad SMARTS) is 1. The molecule has 1 aromatic carbocycles. The van der Waals surface area contributed by atoms with Crippen LogP contribution < -0.4 is 10.9 Å². The van der Waals surface area contributed by atoms with Crippen LogP contribution in [0.25, 0.3) is 11.4 Å². The molecule has 0 bridgehead atoms. The number of hydrogen-bond donors (Lipinski definition) is 2. The molecule has 2 heterocycles. The molecule has 0 radical (unpaired) electrons. The molecule has 1 fully saturated rings. The van der Waals surface area contributed by atoms with Crippen LogP contribution in [0.1, 0.15) is 26.5 Å². The standard InChI is InChI=1S/C21H26Cl2N4O4/c1-4-15-18(24-16-10-26(21(29)30)11-17(16)31-6-3)20(28)27(5-2)19(25-15)13-8-7-12(22)9-14(13)23/h7-9,16-17,24H,4-6,10-11H2,1-3H3,(H,29,30)/t16-,17+/m1/s1. The molecule has 2 aromatic rings. The van der Waals surface area contributed by atoms with Gasteiger partial charge in [-0.2, -0.15) is 0 Å². The van der Waals surface area contributed by atoms with Gasteiger partial charge in [0.1, 0.15) is 11.5 Å². The predicted octanol–water partition coefficient (Wildman–Crippen LogP) is 3.98. The highest BCUT2D eigenvalue weighted by Gasteiger charge is 2.37. The monoisotopic (exact) mass is 468 g/mol. The number of anilines is 1. The van der Waals surface area contributed by atoms with Crippen molar-refractivity contribution in [3.63, 3.8) is 0 Å². The Hall–Kier alpha value is -2.29. The number of amides is 1. The minimum Gasteiger partial charge on any atom is -0.465 e. The first-order chi connectivity index (χ1) is 14.8. The summed E-state index contributed by atoms with van der Waals surface area (Å²) in [7, 11) is 0. The molecule has 0 aliphatic carbocycles. The second kappa shape index (κ2) is 9.89. The molecule has 1 aromatic heterocycles. The molecule has 31 heavy (non-hydrogen) atoms.